The maximum atomic E-state index is 13.8. The van der Waals surface area contributed by atoms with Crippen molar-refractivity contribution in [2.24, 2.45) is 0 Å². The summed E-state index contributed by atoms with van der Waals surface area (Å²) in [7, 11) is 0. The summed E-state index contributed by atoms with van der Waals surface area (Å²) >= 11 is 0. The molecule has 0 radical (unpaired) electrons. The van der Waals surface area contributed by atoms with Crippen molar-refractivity contribution < 1.29 is 18.3 Å². The first-order valence-corrected chi connectivity index (χ1v) is 9.71. The van der Waals surface area contributed by atoms with Gasteiger partial charge in [0.1, 0.15) is 18.2 Å². The molecular weight excluding hydrogens is 392 g/mol. The molecule has 0 bridgehead atoms. The molecule has 0 atom stereocenters. The van der Waals surface area contributed by atoms with Gasteiger partial charge < -0.3 is 9.47 Å². The molecule has 0 amide bonds. The van der Waals surface area contributed by atoms with Crippen LogP contribution in [0.25, 0.3) is 16.8 Å². The first-order valence-electron chi connectivity index (χ1n) is 9.71. The Morgan fingerprint density at radius 2 is 1.97 bits per heavy atom. The van der Waals surface area contributed by atoms with Crippen molar-refractivity contribution >= 4 is 5.65 Å². The molecule has 1 aliphatic rings. The maximum Gasteiger partial charge on any atom is 0.217 e. The zero-order valence-corrected chi connectivity index (χ0v) is 16.0. The van der Waals surface area contributed by atoms with Crippen LogP contribution in [0.1, 0.15) is 24.4 Å². The van der Waals surface area contributed by atoms with Gasteiger partial charge in [0.25, 0.3) is 0 Å². The number of benzene rings is 1. The van der Waals surface area contributed by atoms with E-state index in [0.717, 1.165) is 55.4 Å². The molecule has 0 spiro atoms. The van der Waals surface area contributed by atoms with E-state index in [1.54, 1.807) is 29.2 Å². The van der Waals surface area contributed by atoms with Gasteiger partial charge in [0, 0.05) is 48.4 Å². The van der Waals surface area contributed by atoms with Gasteiger partial charge in [-0.25, -0.2) is 13.3 Å². The summed E-state index contributed by atoms with van der Waals surface area (Å²) in [5, 5.41) is 8.84. The monoisotopic (exact) mass is 411 g/mol. The summed E-state index contributed by atoms with van der Waals surface area (Å²) in [5.41, 5.74) is 2.44. The molecule has 5 rings (SSSR count). The smallest absolute Gasteiger partial charge is 0.217 e. The zero-order valence-electron chi connectivity index (χ0n) is 16.0. The van der Waals surface area contributed by atoms with Crippen LogP contribution in [0.3, 0.4) is 0 Å². The Hall–Kier alpha value is -3.33. The SMILES string of the molecule is Fc1ccc(F)c(COc2ccn3ncc(-c4cnn(C5CCOCC5)c4)c3n2)c1. The Kier molecular flexibility index (Phi) is 4.88. The summed E-state index contributed by atoms with van der Waals surface area (Å²) in [6.45, 7) is 1.35. The van der Waals surface area contributed by atoms with Crippen molar-refractivity contribution in [3.05, 3.63) is 66.3 Å². The van der Waals surface area contributed by atoms with E-state index in [0.29, 0.717) is 17.6 Å². The molecule has 0 unspecified atom stereocenters. The molecule has 30 heavy (non-hydrogen) atoms. The summed E-state index contributed by atoms with van der Waals surface area (Å²) in [6, 6.07) is 5.22. The van der Waals surface area contributed by atoms with E-state index in [1.165, 1.54) is 0 Å². The Morgan fingerprint density at radius 3 is 2.83 bits per heavy atom. The highest BCUT2D eigenvalue weighted by Crippen LogP contribution is 2.27. The second kappa shape index (κ2) is 7.83. The minimum Gasteiger partial charge on any atom is -0.473 e. The highest BCUT2D eigenvalue weighted by molar-refractivity contribution is 5.76. The number of hydrogen-bond acceptors (Lipinski definition) is 5. The topological polar surface area (TPSA) is 66.5 Å². The number of nitrogens with zero attached hydrogens (tertiary/aromatic N) is 5. The Balaban J connectivity index is 1.39. The average molecular weight is 411 g/mol. The lowest BCUT2D eigenvalue weighted by Gasteiger charge is -2.22. The Morgan fingerprint density at radius 1 is 1.10 bits per heavy atom. The zero-order chi connectivity index (χ0) is 20.5. The largest absolute Gasteiger partial charge is 0.473 e. The maximum absolute atomic E-state index is 13.8. The van der Waals surface area contributed by atoms with Gasteiger partial charge in [-0.15, -0.1) is 0 Å². The predicted octanol–water partition coefficient (Wildman–Crippen LogP) is 3.80. The number of halogens is 2. The fourth-order valence-corrected chi connectivity index (χ4v) is 3.57. The van der Waals surface area contributed by atoms with Crippen LogP contribution in [0.15, 0.2) is 49.1 Å². The van der Waals surface area contributed by atoms with E-state index >= 15 is 0 Å². The first kappa shape index (κ1) is 18.7. The third-order valence-electron chi connectivity index (χ3n) is 5.20. The lowest BCUT2D eigenvalue weighted by molar-refractivity contribution is 0.0662. The molecule has 9 heteroatoms. The highest BCUT2D eigenvalue weighted by Gasteiger charge is 2.18. The minimum absolute atomic E-state index is 0.127. The van der Waals surface area contributed by atoms with Gasteiger partial charge in [-0.2, -0.15) is 15.2 Å². The van der Waals surface area contributed by atoms with Crippen LogP contribution in [0.5, 0.6) is 5.88 Å². The van der Waals surface area contributed by atoms with Crippen molar-refractivity contribution in [3.63, 3.8) is 0 Å². The van der Waals surface area contributed by atoms with Gasteiger partial charge in [-0.3, -0.25) is 4.68 Å². The minimum atomic E-state index is -0.525. The van der Waals surface area contributed by atoms with E-state index in [-0.39, 0.29) is 12.2 Å². The molecule has 4 heterocycles. The van der Waals surface area contributed by atoms with Gasteiger partial charge in [-0.1, -0.05) is 0 Å². The third-order valence-corrected chi connectivity index (χ3v) is 5.20. The van der Waals surface area contributed by atoms with Crippen LogP contribution in [0, 0.1) is 11.6 Å². The first-order chi connectivity index (χ1) is 14.7. The molecule has 0 N–H and O–H groups in total. The second-order valence-electron chi connectivity index (χ2n) is 7.17. The van der Waals surface area contributed by atoms with Crippen LogP contribution in [-0.4, -0.2) is 37.6 Å². The van der Waals surface area contributed by atoms with Crippen molar-refractivity contribution in [2.75, 3.05) is 13.2 Å². The fourth-order valence-electron chi connectivity index (χ4n) is 3.57. The highest BCUT2D eigenvalue weighted by atomic mass is 19.1. The molecule has 154 valence electrons. The molecule has 1 fully saturated rings. The standard InChI is InChI=1S/C21H19F2N5O2/c22-16-1-2-19(23)14(9-16)13-30-20-3-6-27-21(26-20)18(11-25-27)15-10-24-28(12-15)17-4-7-29-8-5-17/h1-3,6,9-12,17H,4-5,7-8,13H2. The molecule has 3 aromatic heterocycles. The second-order valence-corrected chi connectivity index (χ2v) is 7.17. The van der Waals surface area contributed by atoms with Crippen LogP contribution >= 0.6 is 0 Å². The lowest BCUT2D eigenvalue weighted by atomic mass is 10.1. The lowest BCUT2D eigenvalue weighted by Crippen LogP contribution is -2.19. The van der Waals surface area contributed by atoms with E-state index in [1.807, 2.05) is 10.9 Å². The predicted molar refractivity (Wildman–Crippen MR) is 104 cm³/mol. The van der Waals surface area contributed by atoms with Crippen molar-refractivity contribution in [2.45, 2.75) is 25.5 Å². The van der Waals surface area contributed by atoms with Gasteiger partial charge in [0.2, 0.25) is 5.88 Å². The normalized spacial score (nSPS) is 15.0. The van der Waals surface area contributed by atoms with Crippen molar-refractivity contribution in [1.29, 1.82) is 0 Å². The van der Waals surface area contributed by atoms with Crippen LogP contribution in [0.2, 0.25) is 0 Å². The van der Waals surface area contributed by atoms with Gasteiger partial charge >= 0.3 is 0 Å². The molecule has 0 saturated carbocycles. The quantitative estimate of drug-likeness (QED) is 0.500. The van der Waals surface area contributed by atoms with E-state index in [4.69, 9.17) is 9.47 Å². The van der Waals surface area contributed by atoms with Crippen molar-refractivity contribution in [1.82, 2.24) is 24.4 Å². The molecule has 7 nitrogen and oxygen atoms in total. The van der Waals surface area contributed by atoms with Gasteiger partial charge in [-0.05, 0) is 31.0 Å². The van der Waals surface area contributed by atoms with E-state index < -0.39 is 11.6 Å². The molecule has 0 aliphatic carbocycles. The fraction of sp³-hybridized carbons (Fsp3) is 0.286. The summed E-state index contributed by atoms with van der Waals surface area (Å²) in [5.74, 6) is -0.745. The van der Waals surface area contributed by atoms with Gasteiger partial charge in [0.15, 0.2) is 5.65 Å². The summed E-state index contributed by atoms with van der Waals surface area (Å²) in [6.07, 6.45) is 9.09. The summed E-state index contributed by atoms with van der Waals surface area (Å²) in [4.78, 5) is 4.51. The van der Waals surface area contributed by atoms with Gasteiger partial charge in [0.05, 0.1) is 18.4 Å². The van der Waals surface area contributed by atoms with Crippen LogP contribution < -0.4 is 4.74 Å². The number of ether oxygens (including phenoxy) is 2. The molecule has 1 aliphatic heterocycles. The molecule has 1 saturated heterocycles. The van der Waals surface area contributed by atoms with E-state index in [9.17, 15) is 8.78 Å². The van der Waals surface area contributed by atoms with Crippen LogP contribution in [-0.2, 0) is 11.3 Å². The molecule has 4 aromatic rings. The molecule has 1 aromatic carbocycles. The van der Waals surface area contributed by atoms with Crippen LogP contribution in [0.4, 0.5) is 8.78 Å². The molecular formula is C21H19F2N5O2. The Labute approximate surface area is 170 Å². The Bertz CT molecular complexity index is 1180. The number of fused-ring (bicyclic) bond motifs is 1. The van der Waals surface area contributed by atoms with E-state index in [2.05, 4.69) is 15.2 Å². The number of rotatable bonds is 5. The number of hydrogen-bond donors (Lipinski definition) is 0. The average Bonchev–Trinajstić information content (AvgIpc) is 3.42. The number of aromatic nitrogens is 5. The third kappa shape index (κ3) is 3.63. The summed E-state index contributed by atoms with van der Waals surface area (Å²) < 4.78 is 41.8. The van der Waals surface area contributed by atoms with Crippen molar-refractivity contribution in [3.8, 4) is 17.0 Å².